The van der Waals surface area contributed by atoms with Gasteiger partial charge in [-0.25, -0.2) is 17.5 Å². The lowest BCUT2D eigenvalue weighted by Crippen LogP contribution is -2.19. The Labute approximate surface area is 123 Å². The first-order valence-electron chi connectivity index (χ1n) is 6.20. The van der Waals surface area contributed by atoms with Crippen molar-refractivity contribution in [3.63, 3.8) is 0 Å². The predicted molar refractivity (Wildman–Crippen MR) is 81.5 cm³/mol. The standard InChI is InChI=1S/C14H16FN3O2S/c1-9-7-10(15)3-5-13(9)18-11-4-6-14(12(16)8-11)21(19,20)17-2/h3-8,17-18H,16H2,1-2H3. The van der Waals surface area contributed by atoms with Gasteiger partial charge in [-0.1, -0.05) is 0 Å². The van der Waals surface area contributed by atoms with Gasteiger partial charge in [0.2, 0.25) is 10.0 Å². The molecule has 0 heterocycles. The minimum Gasteiger partial charge on any atom is -0.398 e. The Morgan fingerprint density at radius 1 is 1.14 bits per heavy atom. The molecular formula is C14H16FN3O2S. The molecule has 0 radical (unpaired) electrons. The SMILES string of the molecule is CNS(=O)(=O)c1ccc(Nc2ccc(F)cc2C)cc1N. The van der Waals surface area contributed by atoms with Gasteiger partial charge in [0.25, 0.3) is 0 Å². The normalized spacial score (nSPS) is 11.4. The summed E-state index contributed by atoms with van der Waals surface area (Å²) >= 11 is 0. The Kier molecular flexibility index (Phi) is 4.15. The van der Waals surface area contributed by atoms with Crippen molar-refractivity contribution in [2.24, 2.45) is 0 Å². The number of benzene rings is 2. The quantitative estimate of drug-likeness (QED) is 0.757. The van der Waals surface area contributed by atoms with Gasteiger partial charge in [0.1, 0.15) is 10.7 Å². The van der Waals surface area contributed by atoms with Crippen LogP contribution in [0.2, 0.25) is 0 Å². The van der Waals surface area contributed by atoms with Crippen molar-refractivity contribution in [3.8, 4) is 0 Å². The highest BCUT2D eigenvalue weighted by Crippen LogP contribution is 2.26. The van der Waals surface area contributed by atoms with Crippen molar-refractivity contribution in [2.75, 3.05) is 18.1 Å². The predicted octanol–water partition coefficient (Wildman–Crippen LogP) is 2.37. The Morgan fingerprint density at radius 3 is 2.43 bits per heavy atom. The molecule has 0 spiro atoms. The number of hydrogen-bond acceptors (Lipinski definition) is 4. The summed E-state index contributed by atoms with van der Waals surface area (Å²) in [7, 11) is -2.26. The Bertz CT molecular complexity index is 776. The molecule has 7 heteroatoms. The maximum absolute atomic E-state index is 13.1. The van der Waals surface area contributed by atoms with Crippen molar-refractivity contribution >= 4 is 27.1 Å². The minimum absolute atomic E-state index is 0.0198. The maximum Gasteiger partial charge on any atom is 0.242 e. The van der Waals surface area contributed by atoms with Gasteiger partial charge in [-0.3, -0.25) is 0 Å². The highest BCUT2D eigenvalue weighted by Gasteiger charge is 2.15. The van der Waals surface area contributed by atoms with Crippen LogP contribution in [0, 0.1) is 12.7 Å². The van der Waals surface area contributed by atoms with E-state index in [1.54, 1.807) is 19.1 Å². The largest absolute Gasteiger partial charge is 0.398 e. The fourth-order valence-electron chi connectivity index (χ4n) is 1.90. The molecule has 0 fully saturated rings. The highest BCUT2D eigenvalue weighted by atomic mass is 32.2. The number of nitrogens with two attached hydrogens (primary N) is 1. The molecule has 0 aliphatic carbocycles. The third-order valence-electron chi connectivity index (χ3n) is 3.04. The Morgan fingerprint density at radius 2 is 1.86 bits per heavy atom. The smallest absolute Gasteiger partial charge is 0.242 e. The number of nitrogen functional groups attached to an aromatic ring is 1. The summed E-state index contributed by atoms with van der Waals surface area (Å²) in [5, 5.41) is 3.08. The van der Waals surface area contributed by atoms with Gasteiger partial charge in [0.05, 0.1) is 5.69 Å². The molecule has 21 heavy (non-hydrogen) atoms. The lowest BCUT2D eigenvalue weighted by atomic mass is 10.2. The topological polar surface area (TPSA) is 84.2 Å². The van der Waals surface area contributed by atoms with Crippen molar-refractivity contribution in [3.05, 3.63) is 47.8 Å². The van der Waals surface area contributed by atoms with E-state index in [-0.39, 0.29) is 16.4 Å². The molecule has 0 aromatic heterocycles. The van der Waals surface area contributed by atoms with Crippen LogP contribution in [0.15, 0.2) is 41.3 Å². The molecule has 2 rings (SSSR count). The molecule has 0 amide bonds. The summed E-state index contributed by atoms with van der Waals surface area (Å²) < 4.78 is 38.7. The summed E-state index contributed by atoms with van der Waals surface area (Å²) in [5.41, 5.74) is 7.99. The molecular weight excluding hydrogens is 293 g/mol. The summed E-state index contributed by atoms with van der Waals surface area (Å²) in [6, 6.07) is 8.90. The molecule has 0 bridgehead atoms. The maximum atomic E-state index is 13.1. The van der Waals surface area contributed by atoms with Gasteiger partial charge >= 0.3 is 0 Å². The molecule has 5 nitrogen and oxygen atoms in total. The van der Waals surface area contributed by atoms with Crippen LogP contribution in [-0.2, 0) is 10.0 Å². The summed E-state index contributed by atoms with van der Waals surface area (Å²) in [5.74, 6) is -0.312. The van der Waals surface area contributed by atoms with E-state index in [1.807, 2.05) is 0 Å². The third kappa shape index (κ3) is 3.32. The van der Waals surface area contributed by atoms with Crippen molar-refractivity contribution in [1.29, 1.82) is 0 Å². The summed E-state index contributed by atoms with van der Waals surface area (Å²) in [4.78, 5) is 0.0198. The lowest BCUT2D eigenvalue weighted by molar-refractivity contribution is 0.588. The van der Waals surface area contributed by atoms with E-state index in [1.165, 1.54) is 31.3 Å². The van der Waals surface area contributed by atoms with Crippen LogP contribution in [0.1, 0.15) is 5.56 Å². The van der Waals surface area contributed by atoms with E-state index in [0.29, 0.717) is 5.69 Å². The molecule has 0 unspecified atom stereocenters. The van der Waals surface area contributed by atoms with Crippen LogP contribution in [0.5, 0.6) is 0 Å². The Balaban J connectivity index is 2.33. The zero-order chi connectivity index (χ0) is 15.6. The van der Waals surface area contributed by atoms with Gasteiger partial charge in [-0.05, 0) is 55.9 Å². The van der Waals surface area contributed by atoms with Crippen LogP contribution in [0.3, 0.4) is 0 Å². The van der Waals surface area contributed by atoms with Gasteiger partial charge in [0, 0.05) is 11.4 Å². The second kappa shape index (κ2) is 5.71. The van der Waals surface area contributed by atoms with Crippen LogP contribution < -0.4 is 15.8 Å². The number of anilines is 3. The van der Waals surface area contributed by atoms with Crippen LogP contribution in [0.25, 0.3) is 0 Å². The first kappa shape index (κ1) is 15.3. The average Bonchev–Trinajstić information content (AvgIpc) is 2.42. The highest BCUT2D eigenvalue weighted by molar-refractivity contribution is 7.89. The average molecular weight is 309 g/mol. The van der Waals surface area contributed by atoms with Gasteiger partial charge in [-0.2, -0.15) is 0 Å². The van der Waals surface area contributed by atoms with E-state index >= 15 is 0 Å². The second-order valence-electron chi connectivity index (χ2n) is 4.54. The minimum atomic E-state index is -3.58. The Hall–Kier alpha value is -2.12. The van der Waals surface area contributed by atoms with Crippen molar-refractivity contribution in [1.82, 2.24) is 4.72 Å². The van der Waals surface area contributed by atoms with Crippen LogP contribution in [0.4, 0.5) is 21.5 Å². The molecule has 0 aliphatic heterocycles. The van der Waals surface area contributed by atoms with E-state index in [4.69, 9.17) is 5.73 Å². The van der Waals surface area contributed by atoms with Gasteiger partial charge < -0.3 is 11.1 Å². The van der Waals surface area contributed by atoms with E-state index in [9.17, 15) is 12.8 Å². The molecule has 0 saturated heterocycles. The number of rotatable bonds is 4. The monoisotopic (exact) mass is 309 g/mol. The zero-order valence-electron chi connectivity index (χ0n) is 11.6. The van der Waals surface area contributed by atoms with E-state index < -0.39 is 10.0 Å². The number of aryl methyl sites for hydroxylation is 1. The number of sulfonamides is 1. The molecule has 0 saturated carbocycles. The molecule has 0 atom stereocenters. The molecule has 112 valence electrons. The van der Waals surface area contributed by atoms with Crippen molar-refractivity contribution in [2.45, 2.75) is 11.8 Å². The van der Waals surface area contributed by atoms with Crippen molar-refractivity contribution < 1.29 is 12.8 Å². The number of halogens is 1. The van der Waals surface area contributed by atoms with E-state index in [0.717, 1.165) is 11.3 Å². The summed E-state index contributed by atoms with van der Waals surface area (Å²) in [6.07, 6.45) is 0. The summed E-state index contributed by atoms with van der Waals surface area (Å²) in [6.45, 7) is 1.77. The zero-order valence-corrected chi connectivity index (χ0v) is 12.5. The fourth-order valence-corrected chi connectivity index (χ4v) is 2.74. The first-order valence-corrected chi connectivity index (χ1v) is 7.68. The molecule has 2 aromatic rings. The molecule has 0 aliphatic rings. The van der Waals surface area contributed by atoms with E-state index in [2.05, 4.69) is 10.0 Å². The molecule has 2 aromatic carbocycles. The second-order valence-corrected chi connectivity index (χ2v) is 6.40. The number of nitrogens with one attached hydrogen (secondary N) is 2. The third-order valence-corrected chi connectivity index (χ3v) is 4.52. The molecule has 4 N–H and O–H groups in total. The first-order chi connectivity index (χ1) is 9.83. The number of hydrogen-bond donors (Lipinski definition) is 3. The van der Waals surface area contributed by atoms with Crippen LogP contribution >= 0.6 is 0 Å². The van der Waals surface area contributed by atoms with Gasteiger partial charge in [0.15, 0.2) is 0 Å². The fraction of sp³-hybridized carbons (Fsp3) is 0.143. The van der Waals surface area contributed by atoms with Crippen LogP contribution in [-0.4, -0.2) is 15.5 Å². The lowest BCUT2D eigenvalue weighted by Gasteiger charge is -2.12. The van der Waals surface area contributed by atoms with Gasteiger partial charge in [-0.15, -0.1) is 0 Å².